The van der Waals surface area contributed by atoms with Gasteiger partial charge >= 0.3 is 0 Å². The van der Waals surface area contributed by atoms with Gasteiger partial charge in [-0.25, -0.2) is 0 Å². The molecule has 1 N–H and O–H groups in total. The Morgan fingerprint density at radius 3 is 2.38 bits per heavy atom. The van der Waals surface area contributed by atoms with Gasteiger partial charge in [-0.1, -0.05) is 27.7 Å². The van der Waals surface area contributed by atoms with E-state index in [1.165, 1.54) is 6.42 Å². The van der Waals surface area contributed by atoms with Gasteiger partial charge in [-0.05, 0) is 18.8 Å². The number of rotatable bonds is 7. The minimum absolute atomic E-state index is 0.0855. The zero-order valence-electron chi connectivity index (χ0n) is 9.47. The summed E-state index contributed by atoms with van der Waals surface area (Å²) in [5.74, 6) is 0.759. The Morgan fingerprint density at radius 2 is 1.92 bits per heavy atom. The lowest BCUT2D eigenvalue weighted by atomic mass is 9.97. The number of hydrogen-bond acceptors (Lipinski definition) is 2. The predicted molar refractivity (Wildman–Crippen MR) is 55.8 cm³/mol. The molecule has 0 rings (SSSR count). The Balaban J connectivity index is 3.26. The molecule has 13 heavy (non-hydrogen) atoms. The predicted octanol–water partition coefficient (Wildman–Crippen LogP) is 2.46. The average molecular weight is 188 g/mol. The van der Waals surface area contributed by atoms with E-state index in [0.29, 0.717) is 6.61 Å². The number of ether oxygens (including phenoxy) is 1. The van der Waals surface area contributed by atoms with Crippen molar-refractivity contribution in [2.45, 2.75) is 40.5 Å². The Morgan fingerprint density at radius 1 is 1.31 bits per heavy atom. The van der Waals surface area contributed by atoms with Crippen molar-refractivity contribution in [1.29, 1.82) is 0 Å². The molecule has 0 aromatic rings. The summed E-state index contributed by atoms with van der Waals surface area (Å²) in [7, 11) is 0. The van der Waals surface area contributed by atoms with Gasteiger partial charge in [-0.3, -0.25) is 0 Å². The van der Waals surface area contributed by atoms with E-state index < -0.39 is 0 Å². The quantitative estimate of drug-likeness (QED) is 0.622. The summed E-state index contributed by atoms with van der Waals surface area (Å²) in [5.41, 5.74) is -0.0855. The van der Waals surface area contributed by atoms with E-state index >= 15 is 0 Å². The van der Waals surface area contributed by atoms with Crippen molar-refractivity contribution >= 4 is 0 Å². The molecule has 0 aliphatic carbocycles. The van der Waals surface area contributed by atoms with Crippen LogP contribution in [-0.4, -0.2) is 24.9 Å². The molecule has 2 nitrogen and oxygen atoms in total. The van der Waals surface area contributed by atoms with Crippen LogP contribution in [0.5, 0.6) is 0 Å². The van der Waals surface area contributed by atoms with Crippen LogP contribution >= 0.6 is 0 Å². The summed E-state index contributed by atoms with van der Waals surface area (Å²) in [6, 6.07) is 0. The van der Waals surface area contributed by atoms with Crippen molar-refractivity contribution in [3.05, 3.63) is 0 Å². The van der Waals surface area contributed by atoms with Crippen LogP contribution in [0.15, 0.2) is 0 Å². The fourth-order valence-corrected chi connectivity index (χ4v) is 0.988. The van der Waals surface area contributed by atoms with Crippen molar-refractivity contribution in [3.63, 3.8) is 0 Å². The van der Waals surface area contributed by atoms with Crippen molar-refractivity contribution in [2.24, 2.45) is 11.3 Å². The lowest BCUT2D eigenvalue weighted by Gasteiger charge is -2.21. The van der Waals surface area contributed by atoms with Gasteiger partial charge in [0, 0.05) is 12.0 Å². The molecule has 0 radical (unpaired) electrons. The van der Waals surface area contributed by atoms with E-state index in [2.05, 4.69) is 13.8 Å². The second-order valence-corrected chi connectivity index (χ2v) is 4.91. The van der Waals surface area contributed by atoms with Gasteiger partial charge in [0.25, 0.3) is 0 Å². The molecule has 0 bridgehead atoms. The Kier molecular flexibility index (Phi) is 6.35. The lowest BCUT2D eigenvalue weighted by Crippen LogP contribution is -2.23. The highest BCUT2D eigenvalue weighted by Crippen LogP contribution is 2.14. The molecular formula is C11H24O2. The number of hydrogen-bond donors (Lipinski definition) is 1. The maximum atomic E-state index is 8.96. The van der Waals surface area contributed by atoms with E-state index in [1.54, 1.807) is 0 Å². The molecule has 0 saturated heterocycles. The van der Waals surface area contributed by atoms with Crippen LogP contribution in [0.2, 0.25) is 0 Å². The molecule has 0 atom stereocenters. The number of aliphatic hydroxyl groups is 1. The van der Waals surface area contributed by atoms with Crippen LogP contribution in [0, 0.1) is 11.3 Å². The molecule has 2 heteroatoms. The molecule has 0 unspecified atom stereocenters. The maximum absolute atomic E-state index is 8.96. The van der Waals surface area contributed by atoms with Gasteiger partial charge in [0.2, 0.25) is 0 Å². The summed E-state index contributed by atoms with van der Waals surface area (Å²) in [4.78, 5) is 0. The highest BCUT2D eigenvalue weighted by molar-refractivity contribution is 4.65. The molecular weight excluding hydrogens is 164 g/mol. The zero-order chi connectivity index (χ0) is 10.3. The normalized spacial score (nSPS) is 12.5. The average Bonchev–Trinajstić information content (AvgIpc) is 2.03. The Bertz CT molecular complexity index is 119. The van der Waals surface area contributed by atoms with Crippen LogP contribution in [0.25, 0.3) is 0 Å². The van der Waals surface area contributed by atoms with Crippen LogP contribution in [0.1, 0.15) is 40.5 Å². The minimum atomic E-state index is -0.0855. The lowest BCUT2D eigenvalue weighted by molar-refractivity contribution is 0.0259. The first-order valence-electron chi connectivity index (χ1n) is 5.16. The molecule has 0 heterocycles. The highest BCUT2D eigenvalue weighted by Gasteiger charge is 2.15. The third-order valence-electron chi connectivity index (χ3n) is 1.99. The second-order valence-electron chi connectivity index (χ2n) is 4.91. The van der Waals surface area contributed by atoms with Gasteiger partial charge in [0.1, 0.15) is 0 Å². The molecule has 0 aromatic carbocycles. The SMILES string of the molecule is CC(C)CCCOCC(C)(C)CO. The van der Waals surface area contributed by atoms with E-state index in [9.17, 15) is 0 Å². The van der Waals surface area contributed by atoms with Crippen molar-refractivity contribution in [3.8, 4) is 0 Å². The molecule has 0 aliphatic heterocycles. The van der Waals surface area contributed by atoms with E-state index in [0.717, 1.165) is 18.9 Å². The summed E-state index contributed by atoms with van der Waals surface area (Å²) < 4.78 is 5.48. The molecule has 0 amide bonds. The molecule has 0 aromatic heterocycles. The van der Waals surface area contributed by atoms with E-state index in [1.807, 2.05) is 13.8 Å². The van der Waals surface area contributed by atoms with Gasteiger partial charge in [-0.15, -0.1) is 0 Å². The van der Waals surface area contributed by atoms with Gasteiger partial charge in [0.15, 0.2) is 0 Å². The topological polar surface area (TPSA) is 29.5 Å². The molecule has 0 saturated carbocycles. The zero-order valence-corrected chi connectivity index (χ0v) is 9.47. The fourth-order valence-electron chi connectivity index (χ4n) is 0.988. The summed E-state index contributed by atoms with van der Waals surface area (Å²) in [5, 5.41) is 8.96. The van der Waals surface area contributed by atoms with Crippen LogP contribution in [0.3, 0.4) is 0 Å². The molecule has 0 fully saturated rings. The number of aliphatic hydroxyl groups excluding tert-OH is 1. The standard InChI is InChI=1S/C11H24O2/c1-10(2)6-5-7-13-9-11(3,4)8-12/h10,12H,5-9H2,1-4H3. The smallest absolute Gasteiger partial charge is 0.0539 e. The third kappa shape index (κ3) is 8.26. The summed E-state index contributed by atoms with van der Waals surface area (Å²) >= 11 is 0. The van der Waals surface area contributed by atoms with Crippen LogP contribution < -0.4 is 0 Å². The first-order valence-corrected chi connectivity index (χ1v) is 5.16. The maximum Gasteiger partial charge on any atom is 0.0539 e. The van der Waals surface area contributed by atoms with Gasteiger partial charge in [-0.2, -0.15) is 0 Å². The van der Waals surface area contributed by atoms with Gasteiger partial charge in [0.05, 0.1) is 13.2 Å². The van der Waals surface area contributed by atoms with Crippen molar-refractivity contribution in [1.82, 2.24) is 0 Å². The minimum Gasteiger partial charge on any atom is -0.396 e. The molecule has 0 aliphatic rings. The van der Waals surface area contributed by atoms with Crippen molar-refractivity contribution in [2.75, 3.05) is 19.8 Å². The molecule has 0 spiro atoms. The summed E-state index contributed by atoms with van der Waals surface area (Å²) in [6.07, 6.45) is 2.35. The monoisotopic (exact) mass is 188 g/mol. The third-order valence-corrected chi connectivity index (χ3v) is 1.99. The van der Waals surface area contributed by atoms with Crippen molar-refractivity contribution < 1.29 is 9.84 Å². The highest BCUT2D eigenvalue weighted by atomic mass is 16.5. The molecule has 80 valence electrons. The van der Waals surface area contributed by atoms with Crippen LogP contribution in [0.4, 0.5) is 0 Å². The van der Waals surface area contributed by atoms with Gasteiger partial charge < -0.3 is 9.84 Å². The first kappa shape index (κ1) is 12.9. The first-order chi connectivity index (χ1) is 5.98. The largest absolute Gasteiger partial charge is 0.396 e. The fraction of sp³-hybridized carbons (Fsp3) is 1.00. The van der Waals surface area contributed by atoms with E-state index in [4.69, 9.17) is 9.84 Å². The van der Waals surface area contributed by atoms with E-state index in [-0.39, 0.29) is 12.0 Å². The Labute approximate surface area is 82.3 Å². The van der Waals surface area contributed by atoms with Crippen LogP contribution in [-0.2, 0) is 4.74 Å². The second kappa shape index (κ2) is 6.39. The summed E-state index contributed by atoms with van der Waals surface area (Å²) in [6.45, 7) is 10.1. The Hall–Kier alpha value is -0.0800.